The van der Waals surface area contributed by atoms with Gasteiger partial charge in [0.05, 0.1) is 43.0 Å². The minimum absolute atomic E-state index is 0.131. The number of rotatable bonds is 2. The Balaban J connectivity index is 1.38. The molecule has 2 heterocycles. The molecular formula is C26H23ClF3N5O. The Morgan fingerprint density at radius 2 is 1.72 bits per heavy atom. The molecule has 0 aliphatic carbocycles. The van der Waals surface area contributed by atoms with Gasteiger partial charge in [0.2, 0.25) is 0 Å². The maximum Gasteiger partial charge on any atom is 0.416 e. The van der Waals surface area contributed by atoms with E-state index in [4.69, 9.17) is 16.6 Å². The molecule has 6 nitrogen and oxygen atoms in total. The summed E-state index contributed by atoms with van der Waals surface area (Å²) >= 11 is 6.23. The average molecular weight is 514 g/mol. The van der Waals surface area contributed by atoms with Crippen LogP contribution in [-0.4, -0.2) is 54.5 Å². The molecule has 2 aliphatic heterocycles. The van der Waals surface area contributed by atoms with Crippen LogP contribution in [0.5, 0.6) is 0 Å². The number of nitrogens with one attached hydrogen (secondary N) is 1. The number of piperazine rings is 1. The van der Waals surface area contributed by atoms with Gasteiger partial charge in [0.25, 0.3) is 0 Å². The molecule has 0 radical (unpaired) electrons. The van der Waals surface area contributed by atoms with E-state index >= 15 is 0 Å². The van der Waals surface area contributed by atoms with Gasteiger partial charge < -0.3 is 15.3 Å². The molecule has 1 fully saturated rings. The highest BCUT2D eigenvalue weighted by atomic mass is 35.5. The summed E-state index contributed by atoms with van der Waals surface area (Å²) in [6.07, 6.45) is -4.45. The Bertz CT molecular complexity index is 1350. The zero-order valence-electron chi connectivity index (χ0n) is 19.4. The van der Waals surface area contributed by atoms with Gasteiger partial charge in [0.15, 0.2) is 0 Å². The van der Waals surface area contributed by atoms with Crippen LogP contribution in [0.15, 0.2) is 76.8 Å². The maximum atomic E-state index is 12.8. The largest absolute Gasteiger partial charge is 0.855 e. The van der Waals surface area contributed by atoms with Crippen molar-refractivity contribution in [2.45, 2.75) is 6.18 Å². The van der Waals surface area contributed by atoms with E-state index in [2.05, 4.69) is 15.3 Å². The third kappa shape index (κ3) is 4.89. The zero-order chi connectivity index (χ0) is 25.5. The van der Waals surface area contributed by atoms with Crippen LogP contribution in [0.1, 0.15) is 16.7 Å². The van der Waals surface area contributed by atoms with Crippen molar-refractivity contribution in [3.05, 3.63) is 88.4 Å². The smallest absolute Gasteiger partial charge is 0.416 e. The van der Waals surface area contributed by atoms with Gasteiger partial charge in [-0.15, -0.1) is 0 Å². The maximum absolute atomic E-state index is 12.8. The van der Waals surface area contributed by atoms with Crippen molar-refractivity contribution >= 4 is 40.4 Å². The number of quaternary nitrogens is 1. The van der Waals surface area contributed by atoms with E-state index < -0.39 is 17.6 Å². The lowest BCUT2D eigenvalue weighted by Gasteiger charge is -2.39. The minimum Gasteiger partial charge on any atom is -0.855 e. The molecule has 10 heteroatoms. The Morgan fingerprint density at radius 3 is 2.42 bits per heavy atom. The van der Waals surface area contributed by atoms with Crippen LogP contribution in [-0.2, 0) is 6.18 Å². The van der Waals surface area contributed by atoms with E-state index in [1.165, 1.54) is 12.1 Å². The summed E-state index contributed by atoms with van der Waals surface area (Å²) in [7, 11) is 1.85. The molecule has 2 aliphatic rings. The number of aliphatic imine (C=N–C) groups is 1. The first-order chi connectivity index (χ1) is 17.1. The first kappa shape index (κ1) is 24.1. The van der Waals surface area contributed by atoms with Gasteiger partial charge in [-0.2, -0.15) is 17.8 Å². The lowest BCUT2D eigenvalue weighted by Crippen LogP contribution is -2.56. The van der Waals surface area contributed by atoms with E-state index in [0.717, 1.165) is 40.6 Å². The lowest BCUT2D eigenvalue weighted by atomic mass is 10.1. The Hall–Kier alpha value is -3.56. The molecule has 5 rings (SSSR count). The van der Waals surface area contributed by atoms with Crippen molar-refractivity contribution in [2.75, 3.05) is 38.5 Å². The number of fused-ring (bicyclic) bond motifs is 2. The quantitative estimate of drug-likeness (QED) is 0.299. The number of benzene rings is 3. The van der Waals surface area contributed by atoms with E-state index in [0.29, 0.717) is 31.2 Å². The number of nitrogens with zero attached hydrogens (tertiary/aromatic N) is 4. The van der Waals surface area contributed by atoms with Gasteiger partial charge in [0.1, 0.15) is 18.9 Å². The SMILES string of the molecule is C[N+]1(/N=C(\[O-])c2ccc(C(F)(F)F)cc2)CCN(C2=Nc3cc(Cl)ccc3Nc3ccccc32)CC1. The van der Waals surface area contributed by atoms with Crippen molar-refractivity contribution in [3.63, 3.8) is 0 Å². The third-order valence-corrected chi connectivity index (χ3v) is 6.65. The fourth-order valence-electron chi connectivity index (χ4n) is 4.34. The Kier molecular flexibility index (Phi) is 6.13. The summed E-state index contributed by atoms with van der Waals surface area (Å²) in [5.41, 5.74) is 2.82. The summed E-state index contributed by atoms with van der Waals surface area (Å²) in [5, 5.41) is 21.1. The van der Waals surface area contributed by atoms with Crippen molar-refractivity contribution in [3.8, 4) is 0 Å². The van der Waals surface area contributed by atoms with Crippen LogP contribution in [0.3, 0.4) is 0 Å². The van der Waals surface area contributed by atoms with E-state index in [-0.39, 0.29) is 10.2 Å². The fraction of sp³-hybridized carbons (Fsp3) is 0.231. The van der Waals surface area contributed by atoms with Crippen LogP contribution in [0, 0.1) is 0 Å². The van der Waals surface area contributed by atoms with Gasteiger partial charge in [-0.1, -0.05) is 41.0 Å². The number of halogens is 4. The van der Waals surface area contributed by atoms with Crippen molar-refractivity contribution in [1.29, 1.82) is 0 Å². The van der Waals surface area contributed by atoms with E-state index in [1.54, 1.807) is 0 Å². The zero-order valence-corrected chi connectivity index (χ0v) is 20.1. The number of anilines is 2. The van der Waals surface area contributed by atoms with E-state index in [1.807, 2.05) is 49.5 Å². The molecule has 0 unspecified atom stereocenters. The molecule has 1 saturated heterocycles. The molecule has 1 N–H and O–H groups in total. The molecule has 3 aromatic rings. The molecule has 0 aromatic heterocycles. The lowest BCUT2D eigenvalue weighted by molar-refractivity contribution is -0.920. The third-order valence-electron chi connectivity index (χ3n) is 6.42. The van der Waals surface area contributed by atoms with Gasteiger partial charge in [0, 0.05) is 16.3 Å². The monoisotopic (exact) mass is 513 g/mol. The van der Waals surface area contributed by atoms with Crippen molar-refractivity contribution in [1.82, 2.24) is 4.90 Å². The molecule has 0 bridgehead atoms. The molecule has 186 valence electrons. The van der Waals surface area contributed by atoms with Crippen LogP contribution < -0.4 is 10.4 Å². The normalized spacial score (nSPS) is 17.4. The van der Waals surface area contributed by atoms with Crippen molar-refractivity contribution < 1.29 is 22.9 Å². The molecule has 0 saturated carbocycles. The average Bonchev–Trinajstić information content (AvgIpc) is 3.00. The van der Waals surface area contributed by atoms with E-state index in [9.17, 15) is 18.3 Å². The summed E-state index contributed by atoms with van der Waals surface area (Å²) in [4.78, 5) is 7.11. The first-order valence-corrected chi connectivity index (χ1v) is 11.8. The van der Waals surface area contributed by atoms with Crippen LogP contribution in [0.25, 0.3) is 0 Å². The van der Waals surface area contributed by atoms with Crippen LogP contribution in [0.4, 0.5) is 30.2 Å². The highest BCUT2D eigenvalue weighted by Crippen LogP contribution is 2.37. The highest BCUT2D eigenvalue weighted by Gasteiger charge is 2.33. The highest BCUT2D eigenvalue weighted by molar-refractivity contribution is 6.31. The standard InChI is InChI=1S/C26H23ClF3N5O/c1-35(33-25(36)17-6-8-18(9-7-17)26(28,29)30)14-12-34(13-15-35)24-20-4-2-3-5-21(20)31-22-11-10-19(27)16-23(22)32-24/h2-11,16H,12-15H2,1H3,(H-,31,32,33,36). The molecule has 0 amide bonds. The Morgan fingerprint density at radius 1 is 1.03 bits per heavy atom. The second-order valence-electron chi connectivity index (χ2n) is 9.02. The van der Waals surface area contributed by atoms with Gasteiger partial charge in [-0.05, 0) is 48.0 Å². The molecule has 0 atom stereocenters. The topological polar surface area (TPSA) is 63.1 Å². The fourth-order valence-corrected chi connectivity index (χ4v) is 4.50. The number of amidine groups is 1. The number of hydrogen-bond acceptors (Lipinski definition) is 5. The summed E-state index contributed by atoms with van der Waals surface area (Å²) in [6.45, 7) is 2.24. The summed E-state index contributed by atoms with van der Waals surface area (Å²) in [6, 6.07) is 17.6. The molecule has 0 spiro atoms. The molecule has 3 aromatic carbocycles. The molecular weight excluding hydrogens is 491 g/mol. The second kappa shape index (κ2) is 9.15. The summed E-state index contributed by atoms with van der Waals surface area (Å²) in [5.74, 6) is 0.268. The van der Waals surface area contributed by atoms with Crippen molar-refractivity contribution in [2.24, 2.45) is 10.1 Å². The van der Waals surface area contributed by atoms with Crippen LogP contribution in [0.2, 0.25) is 5.02 Å². The molecule has 36 heavy (non-hydrogen) atoms. The predicted octanol–water partition coefficient (Wildman–Crippen LogP) is 4.98. The minimum atomic E-state index is -4.45. The Labute approximate surface area is 211 Å². The predicted molar refractivity (Wildman–Crippen MR) is 133 cm³/mol. The summed E-state index contributed by atoms with van der Waals surface area (Å²) < 4.78 is 38.6. The van der Waals surface area contributed by atoms with Gasteiger partial charge in [-0.25, -0.2) is 4.99 Å². The number of alkyl halides is 3. The number of likely N-dealkylation sites (N-methyl/N-ethyl adjacent to an activating group) is 1. The first-order valence-electron chi connectivity index (χ1n) is 11.4. The second-order valence-corrected chi connectivity index (χ2v) is 9.46. The number of hydrogen-bond donors (Lipinski definition) is 1. The number of para-hydroxylation sites is 1. The van der Waals surface area contributed by atoms with Crippen LogP contribution >= 0.6 is 11.6 Å². The van der Waals surface area contributed by atoms with Gasteiger partial charge in [-0.3, -0.25) is 0 Å². The van der Waals surface area contributed by atoms with Gasteiger partial charge >= 0.3 is 6.18 Å².